The number of sulfonamides is 1. The highest BCUT2D eigenvalue weighted by Crippen LogP contribution is 2.29. The number of H-pyrrole nitrogens is 1. The van der Waals surface area contributed by atoms with E-state index in [-0.39, 0.29) is 23.5 Å². The Labute approximate surface area is 194 Å². The van der Waals surface area contributed by atoms with Gasteiger partial charge in [-0.1, -0.05) is 13.8 Å². The standard InChI is InChI=1S/C23H21F2N5O3S/c1-3-9-34(32,33)30-21-18(24)6-5-16(19(21)25)22(31)20-17-10-14(12-27-23(17)29-28-20)15-7-8-26-11-13(15)4-2/h5-8,10-12,30H,3-4,9H2,1-2H3,(H,27,28,29). The summed E-state index contributed by atoms with van der Waals surface area (Å²) in [5.41, 5.74) is 1.36. The van der Waals surface area contributed by atoms with Crippen molar-refractivity contribution in [2.75, 3.05) is 10.5 Å². The molecule has 2 N–H and O–H groups in total. The van der Waals surface area contributed by atoms with Crippen LogP contribution in [0.15, 0.2) is 42.9 Å². The van der Waals surface area contributed by atoms with Crippen molar-refractivity contribution in [2.45, 2.75) is 26.7 Å². The van der Waals surface area contributed by atoms with Gasteiger partial charge in [0.25, 0.3) is 0 Å². The van der Waals surface area contributed by atoms with E-state index in [4.69, 9.17) is 0 Å². The fourth-order valence-electron chi connectivity index (χ4n) is 3.64. The fourth-order valence-corrected chi connectivity index (χ4v) is 4.78. The highest BCUT2D eigenvalue weighted by Gasteiger charge is 2.25. The number of hydrogen-bond donors (Lipinski definition) is 2. The Morgan fingerprint density at radius 1 is 1.15 bits per heavy atom. The zero-order valence-electron chi connectivity index (χ0n) is 18.4. The largest absolute Gasteiger partial charge is 0.287 e. The smallest absolute Gasteiger partial charge is 0.232 e. The van der Waals surface area contributed by atoms with Crippen LogP contribution in [0.4, 0.5) is 14.5 Å². The molecule has 0 atom stereocenters. The SMILES string of the molecule is CCCS(=O)(=O)Nc1c(F)ccc(C(=O)c2[nH]nc3ncc(-c4ccncc4CC)cc23)c1F. The van der Waals surface area contributed by atoms with Gasteiger partial charge in [0.1, 0.15) is 17.2 Å². The van der Waals surface area contributed by atoms with Crippen molar-refractivity contribution in [2.24, 2.45) is 0 Å². The molecule has 0 aliphatic carbocycles. The highest BCUT2D eigenvalue weighted by molar-refractivity contribution is 7.92. The zero-order valence-corrected chi connectivity index (χ0v) is 19.2. The molecule has 4 rings (SSSR count). The van der Waals surface area contributed by atoms with Crippen molar-refractivity contribution in [1.82, 2.24) is 20.2 Å². The third-order valence-corrected chi connectivity index (χ3v) is 6.76. The molecule has 0 saturated heterocycles. The number of aromatic nitrogens is 4. The molecule has 3 aromatic heterocycles. The summed E-state index contributed by atoms with van der Waals surface area (Å²) in [6, 6.07) is 5.34. The lowest BCUT2D eigenvalue weighted by Gasteiger charge is -2.11. The maximum Gasteiger partial charge on any atom is 0.232 e. The van der Waals surface area contributed by atoms with E-state index in [1.807, 2.05) is 17.7 Å². The molecule has 3 heterocycles. The number of anilines is 1. The van der Waals surface area contributed by atoms with Gasteiger partial charge < -0.3 is 0 Å². The Bertz CT molecular complexity index is 1500. The minimum atomic E-state index is -3.98. The van der Waals surface area contributed by atoms with Gasteiger partial charge in [-0.25, -0.2) is 22.2 Å². The molecule has 1 aromatic carbocycles. The van der Waals surface area contributed by atoms with Crippen molar-refractivity contribution >= 4 is 32.5 Å². The summed E-state index contributed by atoms with van der Waals surface area (Å²) in [5, 5.41) is 6.94. The molecule has 0 unspecified atom stereocenters. The molecule has 0 spiro atoms. The lowest BCUT2D eigenvalue weighted by atomic mass is 9.99. The molecule has 0 bridgehead atoms. The van der Waals surface area contributed by atoms with Gasteiger partial charge in [0.15, 0.2) is 11.5 Å². The number of halogens is 2. The number of rotatable bonds is 8. The summed E-state index contributed by atoms with van der Waals surface area (Å²) < 4.78 is 55.4. The van der Waals surface area contributed by atoms with Gasteiger partial charge >= 0.3 is 0 Å². The number of aryl methyl sites for hydroxylation is 1. The van der Waals surface area contributed by atoms with Crippen LogP contribution in [-0.4, -0.2) is 40.1 Å². The van der Waals surface area contributed by atoms with E-state index in [2.05, 4.69) is 20.2 Å². The predicted molar refractivity (Wildman–Crippen MR) is 124 cm³/mol. The lowest BCUT2D eigenvalue weighted by Crippen LogP contribution is -2.19. The number of aromatic amines is 1. The molecule has 4 aromatic rings. The molecule has 0 fully saturated rings. The molecule has 0 aliphatic rings. The normalized spacial score (nSPS) is 11.6. The van der Waals surface area contributed by atoms with Crippen LogP contribution in [-0.2, 0) is 16.4 Å². The summed E-state index contributed by atoms with van der Waals surface area (Å²) in [6.07, 6.45) is 6.00. The van der Waals surface area contributed by atoms with Crippen LogP contribution in [0.25, 0.3) is 22.2 Å². The molecule has 34 heavy (non-hydrogen) atoms. The molecule has 176 valence electrons. The third-order valence-electron chi connectivity index (χ3n) is 5.30. The first kappa shape index (κ1) is 23.4. The summed E-state index contributed by atoms with van der Waals surface area (Å²) in [5.74, 6) is -3.57. The summed E-state index contributed by atoms with van der Waals surface area (Å²) >= 11 is 0. The average Bonchev–Trinajstić information content (AvgIpc) is 3.24. The van der Waals surface area contributed by atoms with Crippen LogP contribution in [0.2, 0.25) is 0 Å². The topological polar surface area (TPSA) is 118 Å². The van der Waals surface area contributed by atoms with Gasteiger partial charge in [-0.3, -0.25) is 19.6 Å². The first-order chi connectivity index (χ1) is 16.3. The molecular weight excluding hydrogens is 464 g/mol. The highest BCUT2D eigenvalue weighted by atomic mass is 32.2. The number of carbonyl (C=O) groups excluding carboxylic acids is 1. The van der Waals surface area contributed by atoms with E-state index in [1.165, 1.54) is 0 Å². The molecule has 0 aliphatic heterocycles. The van der Waals surface area contributed by atoms with E-state index in [1.54, 1.807) is 31.6 Å². The van der Waals surface area contributed by atoms with E-state index < -0.39 is 38.7 Å². The van der Waals surface area contributed by atoms with Crippen LogP contribution in [0.3, 0.4) is 0 Å². The van der Waals surface area contributed by atoms with Crippen LogP contribution >= 0.6 is 0 Å². The van der Waals surface area contributed by atoms with Gasteiger partial charge in [0, 0.05) is 24.2 Å². The molecule has 0 radical (unpaired) electrons. The van der Waals surface area contributed by atoms with Crippen LogP contribution in [0, 0.1) is 11.6 Å². The summed E-state index contributed by atoms with van der Waals surface area (Å²) in [6.45, 7) is 3.61. The molecule has 0 saturated carbocycles. The monoisotopic (exact) mass is 485 g/mol. The molecule has 8 nitrogen and oxygen atoms in total. The van der Waals surface area contributed by atoms with Crippen LogP contribution in [0.5, 0.6) is 0 Å². The number of benzene rings is 1. The Morgan fingerprint density at radius 3 is 2.68 bits per heavy atom. The quantitative estimate of drug-likeness (QED) is 0.361. The summed E-state index contributed by atoms with van der Waals surface area (Å²) in [4.78, 5) is 21.6. The molecule has 11 heteroatoms. The Kier molecular flexibility index (Phi) is 6.38. The second-order valence-electron chi connectivity index (χ2n) is 7.61. The molecular formula is C23H21F2N5O3S. The number of nitrogens with one attached hydrogen (secondary N) is 2. The Morgan fingerprint density at radius 2 is 1.94 bits per heavy atom. The Hall–Kier alpha value is -3.73. The third kappa shape index (κ3) is 4.38. The van der Waals surface area contributed by atoms with Gasteiger partial charge in [-0.15, -0.1) is 0 Å². The van der Waals surface area contributed by atoms with Crippen LogP contribution in [0.1, 0.15) is 41.9 Å². The first-order valence-electron chi connectivity index (χ1n) is 10.6. The second-order valence-corrected chi connectivity index (χ2v) is 9.46. The van der Waals surface area contributed by atoms with E-state index in [0.29, 0.717) is 5.39 Å². The van der Waals surface area contributed by atoms with Gasteiger partial charge in [-0.2, -0.15) is 5.10 Å². The number of fused-ring (bicyclic) bond motifs is 1. The van der Waals surface area contributed by atoms with Crippen molar-refractivity contribution in [1.29, 1.82) is 0 Å². The Balaban J connectivity index is 1.79. The number of hydrogen-bond acceptors (Lipinski definition) is 6. The zero-order chi connectivity index (χ0) is 24.5. The number of ketones is 1. The van der Waals surface area contributed by atoms with Gasteiger partial charge in [0.05, 0.1) is 16.7 Å². The number of carbonyl (C=O) groups is 1. The summed E-state index contributed by atoms with van der Waals surface area (Å²) in [7, 11) is -3.98. The van der Waals surface area contributed by atoms with E-state index >= 15 is 4.39 Å². The van der Waals surface area contributed by atoms with E-state index in [0.717, 1.165) is 35.2 Å². The van der Waals surface area contributed by atoms with Crippen molar-refractivity contribution < 1.29 is 22.0 Å². The number of nitrogens with zero attached hydrogens (tertiary/aromatic N) is 3. The van der Waals surface area contributed by atoms with Gasteiger partial charge in [-0.05, 0) is 48.2 Å². The van der Waals surface area contributed by atoms with Crippen molar-refractivity contribution in [3.63, 3.8) is 0 Å². The first-order valence-corrected chi connectivity index (χ1v) is 12.2. The van der Waals surface area contributed by atoms with Crippen LogP contribution < -0.4 is 4.72 Å². The molecule has 0 amide bonds. The minimum absolute atomic E-state index is 0.0515. The maximum atomic E-state index is 15.1. The lowest BCUT2D eigenvalue weighted by molar-refractivity contribution is 0.103. The minimum Gasteiger partial charge on any atom is -0.287 e. The maximum absolute atomic E-state index is 15.1. The van der Waals surface area contributed by atoms with Gasteiger partial charge in [0.2, 0.25) is 15.8 Å². The fraction of sp³-hybridized carbons (Fsp3) is 0.217. The number of pyridine rings is 2. The van der Waals surface area contributed by atoms with Crippen molar-refractivity contribution in [3.8, 4) is 11.1 Å². The predicted octanol–water partition coefficient (Wildman–Crippen LogP) is 4.24. The second kappa shape index (κ2) is 9.26. The van der Waals surface area contributed by atoms with E-state index in [9.17, 15) is 17.6 Å². The van der Waals surface area contributed by atoms with Crippen molar-refractivity contribution in [3.05, 3.63) is 71.3 Å². The average molecular weight is 486 g/mol.